The van der Waals surface area contributed by atoms with Crippen LogP contribution in [0.5, 0.6) is 0 Å². The lowest BCUT2D eigenvalue weighted by molar-refractivity contribution is 0.0973. The highest BCUT2D eigenvalue weighted by Crippen LogP contribution is 2.23. The predicted molar refractivity (Wildman–Crippen MR) is 99.1 cm³/mol. The molecular formula is C17H21FN4O5S. The lowest BCUT2D eigenvalue weighted by Gasteiger charge is -2.18. The minimum Gasteiger partial charge on any atom is -0.431 e. The van der Waals surface area contributed by atoms with E-state index in [4.69, 9.17) is 9.15 Å². The molecule has 152 valence electrons. The van der Waals surface area contributed by atoms with E-state index in [2.05, 4.69) is 10.3 Å². The monoisotopic (exact) mass is 412 g/mol. The van der Waals surface area contributed by atoms with Crippen molar-refractivity contribution in [2.75, 3.05) is 31.6 Å². The maximum Gasteiger partial charge on any atom is 0.304 e. The fourth-order valence-electron chi connectivity index (χ4n) is 2.66. The fraction of sp³-hybridized carbons (Fsp3) is 0.412. The predicted octanol–water partition coefficient (Wildman–Crippen LogP) is 1.87. The first kappa shape index (κ1) is 20.2. The first-order valence-electron chi connectivity index (χ1n) is 8.65. The molecule has 1 aliphatic heterocycles. The summed E-state index contributed by atoms with van der Waals surface area (Å²) < 4.78 is 51.8. The van der Waals surface area contributed by atoms with Gasteiger partial charge in [-0.25, -0.2) is 9.11 Å². The van der Waals surface area contributed by atoms with E-state index in [0.29, 0.717) is 29.8 Å². The van der Waals surface area contributed by atoms with E-state index in [-0.39, 0.29) is 37.2 Å². The molecule has 28 heavy (non-hydrogen) atoms. The molecule has 2 N–H and O–H groups in total. The summed E-state index contributed by atoms with van der Waals surface area (Å²) in [6, 6.07) is 2.94. The molecule has 1 aromatic carbocycles. The fourth-order valence-corrected chi connectivity index (χ4v) is 3.82. The van der Waals surface area contributed by atoms with Crippen LogP contribution in [-0.2, 0) is 14.9 Å². The normalized spacial score (nSPS) is 15.8. The molecule has 1 aromatic heterocycles. The number of amides is 1. The third kappa shape index (κ3) is 4.66. The summed E-state index contributed by atoms with van der Waals surface area (Å²) in [5, 5.41) is 2.85. The van der Waals surface area contributed by atoms with Crippen LogP contribution in [0.3, 0.4) is 0 Å². The molecule has 2 aromatic rings. The lowest BCUT2D eigenvalue weighted by atomic mass is 10.1. The Bertz CT molecular complexity index is 968. The van der Waals surface area contributed by atoms with E-state index in [9.17, 15) is 17.6 Å². The maximum absolute atomic E-state index is 13.6. The van der Waals surface area contributed by atoms with Gasteiger partial charge < -0.3 is 14.5 Å². The molecule has 0 bridgehead atoms. The highest BCUT2D eigenvalue weighted by molar-refractivity contribution is 7.87. The second kappa shape index (κ2) is 8.25. The Hall–Kier alpha value is -2.50. The summed E-state index contributed by atoms with van der Waals surface area (Å²) in [6.07, 6.45) is 1.59. The molecule has 0 aliphatic carbocycles. The topological polar surface area (TPSA) is 114 Å². The van der Waals surface area contributed by atoms with Gasteiger partial charge in [-0.15, -0.1) is 0 Å². The van der Waals surface area contributed by atoms with Gasteiger partial charge in [0.05, 0.1) is 6.61 Å². The van der Waals surface area contributed by atoms with Crippen molar-refractivity contribution in [2.24, 2.45) is 0 Å². The number of aryl methyl sites for hydroxylation is 2. The van der Waals surface area contributed by atoms with E-state index >= 15 is 0 Å². The molecular weight excluding hydrogens is 391 g/mol. The summed E-state index contributed by atoms with van der Waals surface area (Å²) in [5.74, 6) is -1.24. The molecule has 11 heteroatoms. The average molecular weight is 412 g/mol. The second-order valence-corrected chi connectivity index (χ2v) is 8.05. The Morgan fingerprint density at radius 2 is 2.00 bits per heavy atom. The van der Waals surface area contributed by atoms with E-state index in [1.54, 1.807) is 19.9 Å². The van der Waals surface area contributed by atoms with E-state index in [1.807, 2.05) is 4.72 Å². The molecule has 1 amide bonds. The smallest absolute Gasteiger partial charge is 0.304 e. The van der Waals surface area contributed by atoms with Crippen LogP contribution in [0.4, 0.5) is 16.1 Å². The number of rotatable bonds is 5. The maximum atomic E-state index is 13.6. The van der Waals surface area contributed by atoms with Gasteiger partial charge in [0.25, 0.3) is 11.9 Å². The number of halogens is 1. The molecule has 0 saturated carbocycles. The number of aromatic nitrogens is 1. The standard InChI is InChI=1S/C17H21FN4O5S/c1-11-9-14(12(2)8-13(11)18)19-17-20-15(10-27-17)16(23)21-28(24,25)22-4-3-6-26-7-5-22/h8-10H,3-7H2,1-2H3,(H,19,20)(H,21,23). The zero-order valence-electron chi connectivity index (χ0n) is 15.5. The molecule has 1 saturated heterocycles. The SMILES string of the molecule is Cc1cc(Nc2nc(C(=O)NS(=O)(=O)N3CCCOCC3)co2)c(C)cc1F. The number of nitrogens with zero attached hydrogens (tertiary/aromatic N) is 2. The lowest BCUT2D eigenvalue weighted by Crippen LogP contribution is -2.44. The Morgan fingerprint density at radius 3 is 2.79 bits per heavy atom. The zero-order valence-corrected chi connectivity index (χ0v) is 16.3. The van der Waals surface area contributed by atoms with Crippen LogP contribution in [-0.4, -0.2) is 49.9 Å². The molecule has 0 spiro atoms. The first-order chi connectivity index (χ1) is 13.3. The highest BCUT2D eigenvalue weighted by Gasteiger charge is 2.27. The van der Waals surface area contributed by atoms with Gasteiger partial charge in [0.1, 0.15) is 12.1 Å². The molecule has 1 fully saturated rings. The van der Waals surface area contributed by atoms with Gasteiger partial charge in [-0.3, -0.25) is 4.79 Å². The summed E-state index contributed by atoms with van der Waals surface area (Å²) in [4.78, 5) is 16.2. The third-order valence-corrected chi connectivity index (χ3v) is 5.72. The summed E-state index contributed by atoms with van der Waals surface area (Å²) in [6.45, 7) is 4.49. The number of hydrogen-bond donors (Lipinski definition) is 2. The van der Waals surface area contributed by atoms with E-state index < -0.39 is 16.1 Å². The van der Waals surface area contributed by atoms with Gasteiger partial charge in [0.15, 0.2) is 5.69 Å². The number of nitrogens with one attached hydrogen (secondary N) is 2. The van der Waals surface area contributed by atoms with Crippen LogP contribution in [0, 0.1) is 19.7 Å². The molecule has 0 radical (unpaired) electrons. The number of oxazole rings is 1. The van der Waals surface area contributed by atoms with Crippen molar-refractivity contribution in [2.45, 2.75) is 20.3 Å². The van der Waals surface area contributed by atoms with Crippen LogP contribution in [0.1, 0.15) is 28.0 Å². The van der Waals surface area contributed by atoms with Gasteiger partial charge in [-0.2, -0.15) is 17.7 Å². The summed E-state index contributed by atoms with van der Waals surface area (Å²) in [7, 11) is -4.01. The van der Waals surface area contributed by atoms with Crippen LogP contribution >= 0.6 is 0 Å². The van der Waals surface area contributed by atoms with Crippen LogP contribution in [0.2, 0.25) is 0 Å². The van der Waals surface area contributed by atoms with Crippen molar-refractivity contribution in [3.8, 4) is 0 Å². The van der Waals surface area contributed by atoms with Crippen molar-refractivity contribution in [3.63, 3.8) is 0 Å². The van der Waals surface area contributed by atoms with E-state index in [1.165, 1.54) is 6.07 Å². The van der Waals surface area contributed by atoms with E-state index in [0.717, 1.165) is 10.6 Å². The largest absolute Gasteiger partial charge is 0.431 e. The van der Waals surface area contributed by atoms with Crippen molar-refractivity contribution in [1.82, 2.24) is 14.0 Å². The molecule has 0 unspecified atom stereocenters. The Morgan fingerprint density at radius 1 is 1.21 bits per heavy atom. The highest BCUT2D eigenvalue weighted by atomic mass is 32.2. The number of carbonyl (C=O) groups excluding carboxylic acids is 1. The minimum atomic E-state index is -4.01. The number of hydrogen-bond acceptors (Lipinski definition) is 7. The molecule has 9 nitrogen and oxygen atoms in total. The number of benzene rings is 1. The van der Waals surface area contributed by atoms with Crippen molar-refractivity contribution in [3.05, 3.63) is 41.0 Å². The van der Waals surface area contributed by atoms with Gasteiger partial charge in [-0.05, 0) is 43.5 Å². The van der Waals surface area contributed by atoms with Crippen molar-refractivity contribution in [1.29, 1.82) is 0 Å². The number of carbonyl (C=O) groups is 1. The van der Waals surface area contributed by atoms with Gasteiger partial charge in [0.2, 0.25) is 0 Å². The quantitative estimate of drug-likeness (QED) is 0.771. The molecule has 3 rings (SSSR count). The Kier molecular flexibility index (Phi) is 5.96. The molecule has 2 heterocycles. The molecule has 1 aliphatic rings. The van der Waals surface area contributed by atoms with Crippen LogP contribution in [0.15, 0.2) is 22.8 Å². The molecule has 0 atom stereocenters. The Labute approximate surface area is 162 Å². The van der Waals surface area contributed by atoms with Crippen molar-refractivity contribution >= 4 is 27.8 Å². The first-order valence-corrected chi connectivity index (χ1v) is 10.1. The van der Waals surface area contributed by atoms with Crippen molar-refractivity contribution < 1.29 is 26.8 Å². The number of anilines is 2. The van der Waals surface area contributed by atoms with Crippen LogP contribution < -0.4 is 10.0 Å². The van der Waals surface area contributed by atoms with Gasteiger partial charge >= 0.3 is 10.2 Å². The van der Waals surface area contributed by atoms with Gasteiger partial charge in [-0.1, -0.05) is 0 Å². The minimum absolute atomic E-state index is 0.0140. The number of ether oxygens (including phenoxy) is 1. The second-order valence-electron chi connectivity index (χ2n) is 6.38. The average Bonchev–Trinajstić information content (AvgIpc) is 2.91. The third-order valence-electron chi connectivity index (χ3n) is 4.23. The van der Waals surface area contributed by atoms with Gasteiger partial charge in [0, 0.05) is 25.4 Å². The summed E-state index contributed by atoms with van der Waals surface area (Å²) >= 11 is 0. The van der Waals surface area contributed by atoms with Crippen LogP contribution in [0.25, 0.3) is 0 Å². The Balaban J connectivity index is 1.69. The summed E-state index contributed by atoms with van der Waals surface area (Å²) in [5.41, 5.74) is 1.42. The zero-order chi connectivity index (χ0) is 20.3.